The van der Waals surface area contributed by atoms with Crippen LogP contribution in [0.25, 0.3) is 21.9 Å². The van der Waals surface area contributed by atoms with Gasteiger partial charge in [-0.2, -0.15) is 13.2 Å². The Labute approximate surface area is 132 Å². The number of anilines is 1. The van der Waals surface area contributed by atoms with Crippen LogP contribution in [0.15, 0.2) is 18.5 Å². The number of aliphatic carboxylic acids is 1. The van der Waals surface area contributed by atoms with Crippen molar-refractivity contribution in [3.05, 3.63) is 24.0 Å². The van der Waals surface area contributed by atoms with E-state index in [0.29, 0.717) is 0 Å². The standard InChI is InChI=1S/C14H11F3N4O3/c1-24-9-3-8-6(2-7(9)14(15,16)17)11-12(18)19-5-20-13(11)21(8)4-10(22)23/h2-3,5H,4H2,1H3,(H,22,23)(H2,18,19,20). The van der Waals surface area contributed by atoms with E-state index in [1.165, 1.54) is 4.57 Å². The molecule has 10 heteroatoms. The Balaban J connectivity index is 2.50. The highest BCUT2D eigenvalue weighted by Gasteiger charge is 2.35. The largest absolute Gasteiger partial charge is 0.496 e. The summed E-state index contributed by atoms with van der Waals surface area (Å²) in [7, 11) is 1.11. The summed E-state index contributed by atoms with van der Waals surface area (Å²) in [6.45, 7) is -0.495. The fraction of sp³-hybridized carbons (Fsp3) is 0.214. The van der Waals surface area contributed by atoms with Crippen LogP contribution in [-0.2, 0) is 17.5 Å². The number of fused-ring (bicyclic) bond motifs is 3. The van der Waals surface area contributed by atoms with Crippen molar-refractivity contribution in [2.75, 3.05) is 12.8 Å². The number of ether oxygens (including phenoxy) is 1. The lowest BCUT2D eigenvalue weighted by atomic mass is 10.1. The number of nitrogen functional groups attached to an aromatic ring is 1. The molecule has 2 heterocycles. The summed E-state index contributed by atoms with van der Waals surface area (Å²) in [5, 5.41) is 9.35. The van der Waals surface area contributed by atoms with Gasteiger partial charge in [0.15, 0.2) is 0 Å². The van der Waals surface area contributed by atoms with Gasteiger partial charge in [-0.05, 0) is 6.07 Å². The van der Waals surface area contributed by atoms with Crippen molar-refractivity contribution in [1.82, 2.24) is 14.5 Å². The van der Waals surface area contributed by atoms with Crippen molar-refractivity contribution in [1.29, 1.82) is 0 Å². The van der Waals surface area contributed by atoms with E-state index in [-0.39, 0.29) is 27.8 Å². The van der Waals surface area contributed by atoms with E-state index in [1.54, 1.807) is 0 Å². The van der Waals surface area contributed by atoms with Crippen LogP contribution in [0.5, 0.6) is 5.75 Å². The Bertz CT molecular complexity index is 965. The van der Waals surface area contributed by atoms with E-state index >= 15 is 0 Å². The molecule has 0 unspecified atom stereocenters. The van der Waals surface area contributed by atoms with Crippen LogP contribution in [0, 0.1) is 0 Å². The molecule has 24 heavy (non-hydrogen) atoms. The molecule has 0 fully saturated rings. The minimum absolute atomic E-state index is 0.0348. The lowest BCUT2D eigenvalue weighted by Crippen LogP contribution is -2.10. The zero-order chi connectivity index (χ0) is 17.6. The molecule has 3 rings (SSSR count). The summed E-state index contributed by atoms with van der Waals surface area (Å²) in [6, 6.07) is 2.00. The van der Waals surface area contributed by atoms with Crippen LogP contribution >= 0.6 is 0 Å². The number of aromatic nitrogens is 3. The Morgan fingerprint density at radius 3 is 2.67 bits per heavy atom. The van der Waals surface area contributed by atoms with E-state index in [9.17, 15) is 18.0 Å². The van der Waals surface area contributed by atoms with Gasteiger partial charge in [-0.15, -0.1) is 0 Å². The Morgan fingerprint density at radius 2 is 2.08 bits per heavy atom. The molecule has 0 radical (unpaired) electrons. The summed E-state index contributed by atoms with van der Waals surface area (Å²) < 4.78 is 45.8. The van der Waals surface area contributed by atoms with Crippen LogP contribution in [-0.4, -0.2) is 32.7 Å². The van der Waals surface area contributed by atoms with Gasteiger partial charge in [-0.25, -0.2) is 9.97 Å². The normalized spacial score (nSPS) is 12.0. The molecule has 7 nitrogen and oxygen atoms in total. The highest BCUT2D eigenvalue weighted by Crippen LogP contribution is 2.41. The number of nitrogens with two attached hydrogens (primary N) is 1. The molecule has 2 aromatic heterocycles. The molecule has 0 aliphatic heterocycles. The van der Waals surface area contributed by atoms with Gasteiger partial charge in [0, 0.05) is 11.5 Å². The van der Waals surface area contributed by atoms with Crippen LogP contribution in [0.1, 0.15) is 5.56 Å². The molecular weight excluding hydrogens is 329 g/mol. The zero-order valence-electron chi connectivity index (χ0n) is 12.3. The average molecular weight is 340 g/mol. The molecule has 0 spiro atoms. The SMILES string of the molecule is COc1cc2c(cc1C(F)(F)F)c1c(N)ncnc1n2CC(=O)O. The van der Waals surface area contributed by atoms with Crippen molar-refractivity contribution in [3.63, 3.8) is 0 Å². The number of carboxylic acid groups (broad SMARTS) is 1. The van der Waals surface area contributed by atoms with E-state index in [0.717, 1.165) is 25.6 Å². The molecule has 3 aromatic rings. The second kappa shape index (κ2) is 5.25. The monoisotopic (exact) mass is 340 g/mol. The third-order valence-electron chi connectivity index (χ3n) is 3.59. The maximum atomic E-state index is 13.2. The molecular formula is C14H11F3N4O3. The van der Waals surface area contributed by atoms with Crippen molar-refractivity contribution >= 4 is 33.7 Å². The average Bonchev–Trinajstić information content (AvgIpc) is 2.79. The highest BCUT2D eigenvalue weighted by molar-refractivity contribution is 6.12. The predicted molar refractivity (Wildman–Crippen MR) is 78.6 cm³/mol. The van der Waals surface area contributed by atoms with E-state index in [1.807, 2.05) is 0 Å². The van der Waals surface area contributed by atoms with Gasteiger partial charge < -0.3 is 20.1 Å². The van der Waals surface area contributed by atoms with Gasteiger partial charge >= 0.3 is 12.1 Å². The lowest BCUT2D eigenvalue weighted by Gasteiger charge is -2.12. The molecule has 0 aliphatic carbocycles. The number of halogens is 3. The number of rotatable bonds is 3. The summed E-state index contributed by atoms with van der Waals surface area (Å²) in [5.41, 5.74) is 5.13. The van der Waals surface area contributed by atoms with Gasteiger partial charge in [0.05, 0.1) is 23.6 Å². The molecule has 0 bridgehead atoms. The van der Waals surface area contributed by atoms with Crippen molar-refractivity contribution in [2.45, 2.75) is 12.7 Å². The fourth-order valence-electron chi connectivity index (χ4n) is 2.64. The minimum atomic E-state index is -4.65. The first kappa shape index (κ1) is 15.8. The molecule has 0 atom stereocenters. The smallest absolute Gasteiger partial charge is 0.419 e. The highest BCUT2D eigenvalue weighted by atomic mass is 19.4. The maximum Gasteiger partial charge on any atom is 0.419 e. The number of nitrogens with zero attached hydrogens (tertiary/aromatic N) is 3. The Morgan fingerprint density at radius 1 is 1.38 bits per heavy atom. The van der Waals surface area contributed by atoms with Crippen LogP contribution in [0.4, 0.5) is 19.0 Å². The number of methoxy groups -OCH3 is 1. The van der Waals surface area contributed by atoms with Crippen molar-refractivity contribution in [3.8, 4) is 5.75 Å². The van der Waals surface area contributed by atoms with Crippen LogP contribution in [0.2, 0.25) is 0 Å². The lowest BCUT2D eigenvalue weighted by molar-refractivity contribution is -0.139. The van der Waals surface area contributed by atoms with E-state index in [2.05, 4.69) is 9.97 Å². The van der Waals surface area contributed by atoms with Crippen LogP contribution < -0.4 is 10.5 Å². The van der Waals surface area contributed by atoms with Gasteiger partial charge in [0.2, 0.25) is 0 Å². The predicted octanol–water partition coefficient (Wildman–Crippen LogP) is 2.28. The molecule has 3 N–H and O–H groups in total. The number of carboxylic acids is 1. The molecule has 0 saturated heterocycles. The van der Waals surface area contributed by atoms with E-state index < -0.39 is 30.0 Å². The number of hydrogen-bond acceptors (Lipinski definition) is 5. The van der Waals surface area contributed by atoms with Gasteiger partial charge in [-0.3, -0.25) is 4.79 Å². The Kier molecular flexibility index (Phi) is 3.47. The number of benzene rings is 1. The number of hydrogen-bond donors (Lipinski definition) is 2. The quantitative estimate of drug-likeness (QED) is 0.758. The first-order valence-corrected chi connectivity index (χ1v) is 6.63. The minimum Gasteiger partial charge on any atom is -0.496 e. The first-order valence-electron chi connectivity index (χ1n) is 6.63. The van der Waals surface area contributed by atoms with E-state index in [4.69, 9.17) is 15.6 Å². The summed E-state index contributed by atoms with van der Waals surface area (Å²) in [4.78, 5) is 18.9. The van der Waals surface area contributed by atoms with Crippen molar-refractivity contribution < 1.29 is 27.8 Å². The molecule has 0 amide bonds. The third kappa shape index (κ3) is 2.36. The third-order valence-corrected chi connectivity index (χ3v) is 3.59. The van der Waals surface area contributed by atoms with Gasteiger partial charge in [-0.1, -0.05) is 0 Å². The second-order valence-corrected chi connectivity index (χ2v) is 5.00. The summed E-state index contributed by atoms with van der Waals surface area (Å²) >= 11 is 0. The van der Waals surface area contributed by atoms with Crippen molar-refractivity contribution in [2.24, 2.45) is 0 Å². The molecule has 1 aromatic carbocycles. The Hall–Kier alpha value is -3.04. The molecule has 126 valence electrons. The number of carbonyl (C=O) groups is 1. The molecule has 0 saturated carbocycles. The topological polar surface area (TPSA) is 103 Å². The summed E-state index contributed by atoms with van der Waals surface area (Å²) in [6.07, 6.45) is -3.53. The maximum absolute atomic E-state index is 13.2. The number of alkyl halides is 3. The zero-order valence-corrected chi connectivity index (χ0v) is 12.3. The first-order chi connectivity index (χ1) is 11.2. The van der Waals surface area contributed by atoms with Gasteiger partial charge in [0.1, 0.15) is 30.1 Å². The fourth-order valence-corrected chi connectivity index (χ4v) is 2.64. The molecule has 0 aliphatic rings. The van der Waals surface area contributed by atoms with Crippen LogP contribution in [0.3, 0.4) is 0 Å². The summed E-state index contributed by atoms with van der Waals surface area (Å²) in [5.74, 6) is -1.63. The van der Waals surface area contributed by atoms with Gasteiger partial charge in [0.25, 0.3) is 0 Å². The second-order valence-electron chi connectivity index (χ2n) is 5.00.